The summed E-state index contributed by atoms with van der Waals surface area (Å²) in [7, 11) is 0. The minimum absolute atomic E-state index is 0.0750. The molecule has 0 spiro atoms. The van der Waals surface area contributed by atoms with E-state index in [-0.39, 0.29) is 18.1 Å². The second kappa shape index (κ2) is 5.65. The molecule has 0 radical (unpaired) electrons. The normalized spacial score (nSPS) is 32.4. The molecule has 6 heteroatoms. The summed E-state index contributed by atoms with van der Waals surface area (Å²) < 4.78 is 11.2. The number of carbonyl (C=O) groups is 1. The van der Waals surface area contributed by atoms with Crippen LogP contribution in [0.3, 0.4) is 0 Å². The standard InChI is InChI=1S/C16H23N3O3/c1-10-17-15(18-22-10)13-8-12-6-7-19(9-14(12)21-13)16(20)11-4-2-3-5-11/h11-14H,2-9H2,1H3/t12-,13-,14+/m0/s1. The third-order valence-corrected chi connectivity index (χ3v) is 5.40. The Morgan fingerprint density at radius 2 is 2.09 bits per heavy atom. The van der Waals surface area contributed by atoms with Gasteiger partial charge in [-0.1, -0.05) is 18.0 Å². The molecule has 1 aromatic heterocycles. The van der Waals surface area contributed by atoms with Crippen molar-refractivity contribution in [2.24, 2.45) is 11.8 Å². The van der Waals surface area contributed by atoms with Gasteiger partial charge in [-0.3, -0.25) is 4.79 Å². The monoisotopic (exact) mass is 305 g/mol. The average Bonchev–Trinajstić information content (AvgIpc) is 3.25. The zero-order chi connectivity index (χ0) is 15.1. The first-order valence-electron chi connectivity index (χ1n) is 8.45. The number of hydrogen-bond donors (Lipinski definition) is 0. The maximum atomic E-state index is 12.6. The number of amides is 1. The predicted molar refractivity (Wildman–Crippen MR) is 77.9 cm³/mol. The first-order chi connectivity index (χ1) is 10.7. The van der Waals surface area contributed by atoms with Gasteiger partial charge in [0.1, 0.15) is 6.10 Å². The topological polar surface area (TPSA) is 68.5 Å². The summed E-state index contributed by atoms with van der Waals surface area (Å²) in [6.45, 7) is 3.39. The largest absolute Gasteiger partial charge is 0.365 e. The van der Waals surface area contributed by atoms with Crippen LogP contribution in [0.15, 0.2) is 4.52 Å². The van der Waals surface area contributed by atoms with Gasteiger partial charge in [0.15, 0.2) is 0 Å². The molecule has 3 aliphatic rings. The lowest BCUT2D eigenvalue weighted by atomic mass is 9.91. The third kappa shape index (κ3) is 2.53. The molecule has 3 fully saturated rings. The van der Waals surface area contributed by atoms with Gasteiger partial charge >= 0.3 is 0 Å². The van der Waals surface area contributed by atoms with Gasteiger partial charge in [-0.2, -0.15) is 4.98 Å². The van der Waals surface area contributed by atoms with E-state index in [1.54, 1.807) is 6.92 Å². The van der Waals surface area contributed by atoms with E-state index in [0.717, 1.165) is 38.8 Å². The number of fused-ring (bicyclic) bond motifs is 1. The number of hydrogen-bond acceptors (Lipinski definition) is 5. The molecule has 0 aromatic carbocycles. The second-order valence-corrected chi connectivity index (χ2v) is 6.88. The summed E-state index contributed by atoms with van der Waals surface area (Å²) in [4.78, 5) is 18.9. The van der Waals surface area contributed by atoms with Crippen molar-refractivity contribution < 1.29 is 14.1 Å². The van der Waals surface area contributed by atoms with Crippen molar-refractivity contribution in [2.45, 2.75) is 57.7 Å². The van der Waals surface area contributed by atoms with Crippen LogP contribution in [0.4, 0.5) is 0 Å². The van der Waals surface area contributed by atoms with Crippen LogP contribution < -0.4 is 0 Å². The Kier molecular flexibility index (Phi) is 3.64. The number of nitrogens with zero attached hydrogens (tertiary/aromatic N) is 3. The van der Waals surface area contributed by atoms with Crippen molar-refractivity contribution in [2.75, 3.05) is 13.1 Å². The Morgan fingerprint density at radius 3 is 2.82 bits per heavy atom. The summed E-state index contributed by atoms with van der Waals surface area (Å²) in [6.07, 6.45) is 6.55. The van der Waals surface area contributed by atoms with E-state index in [1.165, 1.54) is 12.8 Å². The van der Waals surface area contributed by atoms with Crippen molar-refractivity contribution in [3.8, 4) is 0 Å². The summed E-state index contributed by atoms with van der Waals surface area (Å²) in [5.74, 6) is 2.34. The Labute approximate surface area is 130 Å². The maximum absolute atomic E-state index is 12.6. The number of likely N-dealkylation sites (tertiary alicyclic amines) is 1. The highest BCUT2D eigenvalue weighted by molar-refractivity contribution is 5.79. The fourth-order valence-electron chi connectivity index (χ4n) is 4.17. The van der Waals surface area contributed by atoms with Crippen LogP contribution in [-0.2, 0) is 9.53 Å². The first-order valence-corrected chi connectivity index (χ1v) is 8.45. The zero-order valence-corrected chi connectivity index (χ0v) is 13.0. The number of aryl methyl sites for hydroxylation is 1. The van der Waals surface area contributed by atoms with Gasteiger partial charge in [0.05, 0.1) is 6.10 Å². The van der Waals surface area contributed by atoms with Crippen molar-refractivity contribution in [1.82, 2.24) is 15.0 Å². The van der Waals surface area contributed by atoms with Gasteiger partial charge in [0.25, 0.3) is 0 Å². The number of aromatic nitrogens is 2. The Balaban J connectivity index is 1.40. The fraction of sp³-hybridized carbons (Fsp3) is 0.812. The van der Waals surface area contributed by atoms with Crippen molar-refractivity contribution in [1.29, 1.82) is 0 Å². The molecule has 3 heterocycles. The molecule has 1 aromatic rings. The van der Waals surface area contributed by atoms with Crippen LogP contribution in [-0.4, -0.2) is 40.1 Å². The van der Waals surface area contributed by atoms with E-state index >= 15 is 0 Å². The van der Waals surface area contributed by atoms with Gasteiger partial charge < -0.3 is 14.2 Å². The molecular formula is C16H23N3O3. The van der Waals surface area contributed by atoms with Crippen LogP contribution in [0.25, 0.3) is 0 Å². The molecule has 4 rings (SSSR count). The van der Waals surface area contributed by atoms with Crippen LogP contribution >= 0.6 is 0 Å². The van der Waals surface area contributed by atoms with E-state index in [9.17, 15) is 4.79 Å². The van der Waals surface area contributed by atoms with Crippen LogP contribution in [0, 0.1) is 18.8 Å². The lowest BCUT2D eigenvalue weighted by Crippen LogP contribution is -2.47. The van der Waals surface area contributed by atoms with Crippen LogP contribution in [0.1, 0.15) is 56.3 Å². The number of rotatable bonds is 2. The van der Waals surface area contributed by atoms with Crippen molar-refractivity contribution in [3.63, 3.8) is 0 Å². The molecule has 0 unspecified atom stereocenters. The highest BCUT2D eigenvalue weighted by atomic mass is 16.5. The zero-order valence-electron chi connectivity index (χ0n) is 13.0. The van der Waals surface area contributed by atoms with Crippen molar-refractivity contribution in [3.05, 3.63) is 11.7 Å². The van der Waals surface area contributed by atoms with Gasteiger partial charge in [-0.15, -0.1) is 0 Å². The molecule has 1 saturated carbocycles. The minimum Gasteiger partial charge on any atom is -0.365 e. The van der Waals surface area contributed by atoms with E-state index < -0.39 is 0 Å². The Morgan fingerprint density at radius 1 is 1.27 bits per heavy atom. The van der Waals surface area contributed by atoms with E-state index in [1.807, 2.05) is 4.90 Å². The van der Waals surface area contributed by atoms with E-state index in [2.05, 4.69) is 10.1 Å². The molecule has 6 nitrogen and oxygen atoms in total. The highest BCUT2D eigenvalue weighted by Crippen LogP contribution is 2.40. The van der Waals surface area contributed by atoms with Crippen molar-refractivity contribution >= 4 is 5.91 Å². The molecule has 1 amide bonds. The SMILES string of the molecule is Cc1nc([C@@H]2C[C@@H]3CCN(C(=O)C4CCCC4)C[C@H]3O2)no1. The Hall–Kier alpha value is -1.43. The van der Waals surface area contributed by atoms with Gasteiger partial charge in [-0.25, -0.2) is 0 Å². The number of piperidine rings is 1. The summed E-state index contributed by atoms with van der Waals surface area (Å²) in [5, 5.41) is 3.98. The highest BCUT2D eigenvalue weighted by Gasteiger charge is 2.43. The summed E-state index contributed by atoms with van der Waals surface area (Å²) in [6, 6.07) is 0. The van der Waals surface area contributed by atoms with Crippen LogP contribution in [0.5, 0.6) is 0 Å². The molecule has 2 saturated heterocycles. The molecule has 22 heavy (non-hydrogen) atoms. The molecule has 2 aliphatic heterocycles. The predicted octanol–water partition coefficient (Wildman–Crippen LogP) is 2.25. The van der Waals surface area contributed by atoms with E-state index in [4.69, 9.17) is 9.26 Å². The second-order valence-electron chi connectivity index (χ2n) is 6.88. The van der Waals surface area contributed by atoms with Gasteiger partial charge in [-0.05, 0) is 31.6 Å². The quantitative estimate of drug-likeness (QED) is 0.838. The first kappa shape index (κ1) is 14.2. The average molecular weight is 305 g/mol. The molecule has 0 bridgehead atoms. The van der Waals surface area contributed by atoms with E-state index in [0.29, 0.717) is 23.5 Å². The summed E-state index contributed by atoms with van der Waals surface area (Å²) in [5.41, 5.74) is 0. The molecule has 3 atom stereocenters. The van der Waals surface area contributed by atoms with Gasteiger partial charge in [0.2, 0.25) is 17.6 Å². The third-order valence-electron chi connectivity index (χ3n) is 5.40. The minimum atomic E-state index is -0.0750. The summed E-state index contributed by atoms with van der Waals surface area (Å²) >= 11 is 0. The van der Waals surface area contributed by atoms with Crippen LogP contribution in [0.2, 0.25) is 0 Å². The molecular weight excluding hydrogens is 282 g/mol. The smallest absolute Gasteiger partial charge is 0.225 e. The molecule has 0 N–H and O–H groups in total. The fourth-order valence-corrected chi connectivity index (χ4v) is 4.17. The number of carbonyl (C=O) groups excluding carboxylic acids is 1. The maximum Gasteiger partial charge on any atom is 0.225 e. The lowest BCUT2D eigenvalue weighted by molar-refractivity contribution is -0.139. The lowest BCUT2D eigenvalue weighted by Gasteiger charge is -2.35. The number of ether oxygens (including phenoxy) is 1. The molecule has 120 valence electrons. The van der Waals surface area contributed by atoms with Gasteiger partial charge in [0, 0.05) is 25.9 Å². The molecule has 1 aliphatic carbocycles. The Bertz CT molecular complexity index is 553.